The van der Waals surface area contributed by atoms with E-state index in [0.717, 1.165) is 6.42 Å². The van der Waals surface area contributed by atoms with Gasteiger partial charge in [0.25, 0.3) is 0 Å². The maximum atomic E-state index is 10.3. The third kappa shape index (κ3) is 2.23. The number of nitrogens with two attached hydrogens (primary N) is 1. The molecule has 1 rings (SSSR count). The van der Waals surface area contributed by atoms with Gasteiger partial charge in [0.15, 0.2) is 0 Å². The lowest BCUT2D eigenvalue weighted by Crippen LogP contribution is -2.33. The first kappa shape index (κ1) is 8.07. The molecule has 4 nitrogen and oxygen atoms in total. The minimum absolute atomic E-state index is 0.0406. The molecule has 0 radical (unpaired) electrons. The van der Waals surface area contributed by atoms with Crippen LogP contribution in [0, 0.1) is 0 Å². The zero-order valence-corrected chi connectivity index (χ0v) is 6.06. The highest BCUT2D eigenvalue weighted by molar-refractivity contribution is 5.73. The van der Waals surface area contributed by atoms with Crippen LogP contribution in [0.2, 0.25) is 0 Å². The van der Waals surface area contributed by atoms with E-state index in [1.165, 1.54) is 0 Å². The van der Waals surface area contributed by atoms with Crippen LogP contribution in [0.3, 0.4) is 0 Å². The van der Waals surface area contributed by atoms with E-state index in [1.54, 1.807) is 6.26 Å². The maximum absolute atomic E-state index is 10.3. The van der Waals surface area contributed by atoms with E-state index in [0.29, 0.717) is 6.42 Å². The van der Waals surface area contributed by atoms with Crippen molar-refractivity contribution >= 4 is 5.97 Å². The first-order valence-corrected chi connectivity index (χ1v) is 3.49. The lowest BCUT2D eigenvalue weighted by atomic mass is 10.1. The Hall–Kier alpha value is -1.03. The van der Waals surface area contributed by atoms with Crippen LogP contribution in [0.1, 0.15) is 12.8 Å². The van der Waals surface area contributed by atoms with Crippen LogP contribution in [0.25, 0.3) is 0 Å². The van der Waals surface area contributed by atoms with Crippen molar-refractivity contribution < 1.29 is 14.6 Å². The number of carbonyl (C=O) groups is 1. The fraction of sp³-hybridized carbons (Fsp3) is 0.571. The predicted octanol–water partition coefficient (Wildman–Crippen LogP) is 0.0910. The Morgan fingerprint density at radius 3 is 3.09 bits per heavy atom. The molecule has 0 bridgehead atoms. The Balaban J connectivity index is 2.25. The molecular weight excluding hydrogens is 146 g/mol. The molecule has 0 fully saturated rings. The van der Waals surface area contributed by atoms with Gasteiger partial charge in [0.1, 0.15) is 12.1 Å². The van der Waals surface area contributed by atoms with Crippen molar-refractivity contribution in [2.75, 3.05) is 0 Å². The van der Waals surface area contributed by atoms with Crippen LogP contribution in [0.15, 0.2) is 12.3 Å². The van der Waals surface area contributed by atoms with Gasteiger partial charge in [-0.2, -0.15) is 0 Å². The lowest BCUT2D eigenvalue weighted by Gasteiger charge is -2.12. The molecule has 1 heterocycles. The molecule has 0 aromatic heterocycles. The standard InChI is InChI=1S/C7H11NO3/c8-6(7(9)10)4-5-2-1-3-11-5/h1,3,5-6H,2,4,8H2,(H,9,10). The number of rotatable bonds is 3. The van der Waals surface area contributed by atoms with Crippen molar-refractivity contribution in [1.29, 1.82) is 0 Å². The average Bonchev–Trinajstić information content (AvgIpc) is 2.39. The summed E-state index contributed by atoms with van der Waals surface area (Å²) in [6.45, 7) is 0. The second-order valence-electron chi connectivity index (χ2n) is 2.55. The summed E-state index contributed by atoms with van der Waals surface area (Å²) >= 11 is 0. The van der Waals surface area contributed by atoms with Crippen molar-refractivity contribution in [3.8, 4) is 0 Å². The van der Waals surface area contributed by atoms with Gasteiger partial charge < -0.3 is 15.6 Å². The Kier molecular flexibility index (Phi) is 2.48. The molecule has 0 saturated heterocycles. The molecule has 0 saturated carbocycles. The van der Waals surface area contributed by atoms with Crippen LogP contribution in [-0.2, 0) is 9.53 Å². The van der Waals surface area contributed by atoms with Gasteiger partial charge >= 0.3 is 5.97 Å². The van der Waals surface area contributed by atoms with Crippen molar-refractivity contribution in [2.24, 2.45) is 5.73 Å². The van der Waals surface area contributed by atoms with E-state index in [-0.39, 0.29) is 6.10 Å². The molecular formula is C7H11NO3. The monoisotopic (exact) mass is 157 g/mol. The smallest absolute Gasteiger partial charge is 0.320 e. The van der Waals surface area contributed by atoms with Gasteiger partial charge in [-0.25, -0.2) is 0 Å². The van der Waals surface area contributed by atoms with Crippen LogP contribution < -0.4 is 5.73 Å². The second kappa shape index (κ2) is 3.39. The molecule has 3 N–H and O–H groups in total. The van der Waals surface area contributed by atoms with E-state index in [9.17, 15) is 4.79 Å². The molecule has 62 valence electrons. The minimum Gasteiger partial charge on any atom is -0.498 e. The summed E-state index contributed by atoms with van der Waals surface area (Å²) in [6.07, 6.45) is 4.54. The van der Waals surface area contributed by atoms with Gasteiger partial charge in [0, 0.05) is 12.8 Å². The highest BCUT2D eigenvalue weighted by atomic mass is 16.5. The first-order valence-electron chi connectivity index (χ1n) is 3.49. The van der Waals surface area contributed by atoms with Crippen molar-refractivity contribution in [2.45, 2.75) is 25.0 Å². The summed E-state index contributed by atoms with van der Waals surface area (Å²) in [5, 5.41) is 8.44. The van der Waals surface area contributed by atoms with Gasteiger partial charge in [-0.3, -0.25) is 4.79 Å². The Labute approximate surface area is 64.6 Å². The summed E-state index contributed by atoms with van der Waals surface area (Å²) in [5.41, 5.74) is 5.29. The van der Waals surface area contributed by atoms with Crippen molar-refractivity contribution in [3.63, 3.8) is 0 Å². The van der Waals surface area contributed by atoms with Crippen molar-refractivity contribution in [1.82, 2.24) is 0 Å². The van der Waals surface area contributed by atoms with Crippen LogP contribution in [-0.4, -0.2) is 23.2 Å². The Morgan fingerprint density at radius 1 is 1.91 bits per heavy atom. The van der Waals surface area contributed by atoms with E-state index < -0.39 is 12.0 Å². The number of hydrogen-bond donors (Lipinski definition) is 2. The molecule has 0 aromatic carbocycles. The first-order chi connectivity index (χ1) is 5.20. The number of carboxylic acid groups (broad SMARTS) is 1. The summed E-state index contributed by atoms with van der Waals surface area (Å²) in [6, 6.07) is -0.806. The number of ether oxygens (including phenoxy) is 1. The third-order valence-corrected chi connectivity index (χ3v) is 1.60. The van der Waals surface area contributed by atoms with Crippen LogP contribution >= 0.6 is 0 Å². The summed E-state index contributed by atoms with van der Waals surface area (Å²) in [7, 11) is 0. The van der Waals surface area contributed by atoms with Crippen molar-refractivity contribution in [3.05, 3.63) is 12.3 Å². The highest BCUT2D eigenvalue weighted by Gasteiger charge is 2.20. The molecule has 4 heteroatoms. The summed E-state index contributed by atoms with van der Waals surface area (Å²) < 4.78 is 5.05. The fourth-order valence-corrected chi connectivity index (χ4v) is 0.965. The molecule has 0 aliphatic carbocycles. The molecule has 2 unspecified atom stereocenters. The number of aliphatic carboxylic acids is 1. The van der Waals surface area contributed by atoms with Gasteiger partial charge in [-0.1, -0.05) is 0 Å². The van der Waals surface area contributed by atoms with Crippen LogP contribution in [0.5, 0.6) is 0 Å². The van der Waals surface area contributed by atoms with E-state index in [2.05, 4.69) is 0 Å². The molecule has 2 atom stereocenters. The number of carboxylic acids is 1. The minimum atomic E-state index is -0.972. The third-order valence-electron chi connectivity index (χ3n) is 1.60. The molecule has 1 aliphatic heterocycles. The Bertz CT molecular complexity index is 171. The SMILES string of the molecule is NC(CC1CC=CO1)C(=O)O. The van der Waals surface area contributed by atoms with Gasteiger partial charge in [-0.05, 0) is 6.08 Å². The quantitative estimate of drug-likeness (QED) is 0.609. The molecule has 0 spiro atoms. The van der Waals surface area contributed by atoms with Gasteiger partial charge in [0.05, 0.1) is 6.26 Å². The summed E-state index contributed by atoms with van der Waals surface area (Å²) in [5.74, 6) is -0.972. The van der Waals surface area contributed by atoms with E-state index in [4.69, 9.17) is 15.6 Å². The Morgan fingerprint density at radius 2 is 2.64 bits per heavy atom. The normalized spacial score (nSPS) is 24.6. The highest BCUT2D eigenvalue weighted by Crippen LogP contribution is 2.13. The summed E-state index contributed by atoms with van der Waals surface area (Å²) in [4.78, 5) is 10.3. The van der Waals surface area contributed by atoms with E-state index in [1.807, 2.05) is 6.08 Å². The van der Waals surface area contributed by atoms with Gasteiger partial charge in [-0.15, -0.1) is 0 Å². The van der Waals surface area contributed by atoms with E-state index >= 15 is 0 Å². The zero-order chi connectivity index (χ0) is 8.27. The molecule has 11 heavy (non-hydrogen) atoms. The molecule has 0 aromatic rings. The average molecular weight is 157 g/mol. The predicted molar refractivity (Wildman–Crippen MR) is 38.9 cm³/mol. The van der Waals surface area contributed by atoms with Gasteiger partial charge in [0.2, 0.25) is 0 Å². The second-order valence-corrected chi connectivity index (χ2v) is 2.55. The largest absolute Gasteiger partial charge is 0.498 e. The topological polar surface area (TPSA) is 72.5 Å². The molecule has 1 aliphatic rings. The lowest BCUT2D eigenvalue weighted by molar-refractivity contribution is -0.139. The zero-order valence-electron chi connectivity index (χ0n) is 6.06. The van der Waals surface area contributed by atoms with Crippen LogP contribution in [0.4, 0.5) is 0 Å². The fourth-order valence-electron chi connectivity index (χ4n) is 0.965. The maximum Gasteiger partial charge on any atom is 0.320 e. The molecule has 0 amide bonds. The number of hydrogen-bond acceptors (Lipinski definition) is 3.